The van der Waals surface area contributed by atoms with Crippen LogP contribution < -0.4 is 15.0 Å². The molecule has 3 amide bonds. The maximum atomic E-state index is 12.8. The molecule has 1 N–H and O–H groups in total. The minimum Gasteiger partial charge on any atom is -0.478 e. The summed E-state index contributed by atoms with van der Waals surface area (Å²) in [4.78, 5) is 40.4. The number of amides is 3. The van der Waals surface area contributed by atoms with E-state index in [0.29, 0.717) is 50.4 Å². The van der Waals surface area contributed by atoms with Crippen LogP contribution in [-0.4, -0.2) is 61.2 Å². The first-order valence-electron chi connectivity index (χ1n) is 10.2. The molecule has 0 spiro atoms. The van der Waals surface area contributed by atoms with Gasteiger partial charge in [-0.25, -0.2) is 4.79 Å². The molecule has 2 aliphatic heterocycles. The van der Waals surface area contributed by atoms with Crippen LogP contribution in [0.15, 0.2) is 18.2 Å². The van der Waals surface area contributed by atoms with Crippen molar-refractivity contribution in [1.29, 1.82) is 0 Å². The molecule has 0 saturated carbocycles. The maximum Gasteiger partial charge on any atom is 0.409 e. The predicted molar refractivity (Wildman–Crippen MR) is 108 cm³/mol. The number of benzene rings is 1. The quantitative estimate of drug-likeness (QED) is 0.815. The topological polar surface area (TPSA) is 88.2 Å². The van der Waals surface area contributed by atoms with E-state index < -0.39 is 6.10 Å². The number of ether oxygens (including phenoxy) is 2. The summed E-state index contributed by atoms with van der Waals surface area (Å²) in [5, 5.41) is 3.00. The van der Waals surface area contributed by atoms with Crippen molar-refractivity contribution in [3.63, 3.8) is 0 Å². The first-order chi connectivity index (χ1) is 13.9. The van der Waals surface area contributed by atoms with Gasteiger partial charge in [0.25, 0.3) is 5.91 Å². The number of carbonyl (C=O) groups is 3. The molecule has 0 aliphatic carbocycles. The minimum absolute atomic E-state index is 0.0247. The van der Waals surface area contributed by atoms with Crippen LogP contribution in [0.3, 0.4) is 0 Å². The first kappa shape index (κ1) is 21.0. The molecule has 0 unspecified atom stereocenters. The number of nitrogens with zero attached hydrogens (tertiary/aromatic N) is 2. The Balaban J connectivity index is 1.61. The third kappa shape index (κ3) is 4.81. The van der Waals surface area contributed by atoms with Gasteiger partial charge in [-0.05, 0) is 50.8 Å². The maximum absolute atomic E-state index is 12.8. The Kier molecular flexibility index (Phi) is 6.61. The van der Waals surface area contributed by atoms with Gasteiger partial charge in [-0.2, -0.15) is 0 Å². The molecule has 8 nitrogen and oxygen atoms in total. The van der Waals surface area contributed by atoms with Gasteiger partial charge >= 0.3 is 6.09 Å². The third-order valence-electron chi connectivity index (χ3n) is 5.27. The molecule has 3 rings (SSSR count). The normalized spacial score (nSPS) is 19.4. The van der Waals surface area contributed by atoms with E-state index in [4.69, 9.17) is 9.47 Å². The van der Waals surface area contributed by atoms with E-state index >= 15 is 0 Å². The second-order valence-corrected chi connectivity index (χ2v) is 7.44. The van der Waals surface area contributed by atoms with Crippen LogP contribution in [-0.2, 0) is 14.3 Å². The fourth-order valence-electron chi connectivity index (χ4n) is 3.69. The highest BCUT2D eigenvalue weighted by Gasteiger charge is 2.35. The standard InChI is InChI=1S/C21H29N3O5/c1-4-17-20(26)24(16-12-14(3)6-7-18(16)29-17)13-19(25)22-15-8-10-23(11-9-15)21(27)28-5-2/h6-7,12,15,17H,4-5,8-11,13H2,1-3H3,(H,22,25)/t17-/m0/s1. The number of likely N-dealkylation sites (tertiary alicyclic amines) is 1. The average molecular weight is 403 g/mol. The highest BCUT2D eigenvalue weighted by Crippen LogP contribution is 2.35. The Morgan fingerprint density at radius 2 is 1.97 bits per heavy atom. The summed E-state index contributed by atoms with van der Waals surface area (Å²) >= 11 is 0. The molecule has 1 fully saturated rings. The van der Waals surface area contributed by atoms with Crippen molar-refractivity contribution < 1.29 is 23.9 Å². The van der Waals surface area contributed by atoms with Crippen LogP contribution in [0, 0.1) is 6.92 Å². The lowest BCUT2D eigenvalue weighted by Gasteiger charge is -2.35. The van der Waals surface area contributed by atoms with Crippen LogP contribution in [0.2, 0.25) is 0 Å². The fourth-order valence-corrected chi connectivity index (χ4v) is 3.69. The Bertz CT molecular complexity index is 774. The Morgan fingerprint density at radius 3 is 2.62 bits per heavy atom. The number of anilines is 1. The first-order valence-corrected chi connectivity index (χ1v) is 10.2. The van der Waals surface area contributed by atoms with E-state index in [9.17, 15) is 14.4 Å². The van der Waals surface area contributed by atoms with Crippen LogP contribution in [0.4, 0.5) is 10.5 Å². The lowest BCUT2D eigenvalue weighted by atomic mass is 10.1. The predicted octanol–water partition coefficient (Wildman–Crippen LogP) is 2.24. The van der Waals surface area contributed by atoms with Crippen molar-refractivity contribution >= 4 is 23.6 Å². The van der Waals surface area contributed by atoms with Gasteiger partial charge < -0.3 is 19.7 Å². The zero-order chi connectivity index (χ0) is 21.0. The monoisotopic (exact) mass is 403 g/mol. The van der Waals surface area contributed by atoms with Gasteiger partial charge in [0.1, 0.15) is 12.3 Å². The van der Waals surface area contributed by atoms with Crippen molar-refractivity contribution in [3.05, 3.63) is 23.8 Å². The minimum atomic E-state index is -0.578. The molecule has 1 saturated heterocycles. The molecule has 0 radical (unpaired) electrons. The second-order valence-electron chi connectivity index (χ2n) is 7.44. The summed E-state index contributed by atoms with van der Waals surface area (Å²) in [6.07, 6.45) is 0.972. The van der Waals surface area contributed by atoms with E-state index in [1.54, 1.807) is 11.8 Å². The number of fused-ring (bicyclic) bond motifs is 1. The largest absolute Gasteiger partial charge is 0.478 e. The summed E-state index contributed by atoms with van der Waals surface area (Å²) in [7, 11) is 0. The number of hydrogen-bond acceptors (Lipinski definition) is 5. The fraction of sp³-hybridized carbons (Fsp3) is 0.571. The molecule has 158 valence electrons. The van der Waals surface area contributed by atoms with Crippen LogP contribution in [0.5, 0.6) is 5.75 Å². The molecule has 2 aliphatic rings. The number of carbonyl (C=O) groups excluding carboxylic acids is 3. The summed E-state index contributed by atoms with van der Waals surface area (Å²) in [5.41, 5.74) is 1.62. The van der Waals surface area contributed by atoms with E-state index in [0.717, 1.165) is 5.56 Å². The molecule has 0 aromatic heterocycles. The van der Waals surface area contributed by atoms with Gasteiger partial charge in [-0.15, -0.1) is 0 Å². The number of nitrogens with one attached hydrogen (secondary N) is 1. The van der Waals surface area contributed by atoms with Crippen LogP contribution >= 0.6 is 0 Å². The van der Waals surface area contributed by atoms with Gasteiger partial charge in [0.15, 0.2) is 6.10 Å². The molecule has 1 atom stereocenters. The third-order valence-corrected chi connectivity index (χ3v) is 5.27. The van der Waals surface area contributed by atoms with Crippen molar-refractivity contribution in [2.45, 2.75) is 52.2 Å². The highest BCUT2D eigenvalue weighted by molar-refractivity contribution is 6.03. The highest BCUT2D eigenvalue weighted by atomic mass is 16.6. The molecular weight excluding hydrogens is 374 g/mol. The lowest BCUT2D eigenvalue weighted by Crippen LogP contribution is -2.52. The number of hydrogen-bond donors (Lipinski definition) is 1. The van der Waals surface area contributed by atoms with Crippen molar-refractivity contribution in [2.75, 3.05) is 31.1 Å². The Labute approximate surface area is 171 Å². The molecule has 0 bridgehead atoms. The van der Waals surface area contributed by atoms with E-state index in [2.05, 4.69) is 5.32 Å². The summed E-state index contributed by atoms with van der Waals surface area (Å²) in [6.45, 7) is 6.99. The summed E-state index contributed by atoms with van der Waals surface area (Å²) in [5.74, 6) is 0.215. The number of piperidine rings is 1. The van der Waals surface area contributed by atoms with Crippen molar-refractivity contribution in [2.24, 2.45) is 0 Å². The zero-order valence-corrected chi connectivity index (χ0v) is 17.3. The van der Waals surface area contributed by atoms with Gasteiger partial charge in [0.2, 0.25) is 5.91 Å². The van der Waals surface area contributed by atoms with Crippen molar-refractivity contribution in [3.8, 4) is 5.75 Å². The molecule has 8 heteroatoms. The summed E-state index contributed by atoms with van der Waals surface area (Å²) < 4.78 is 10.8. The van der Waals surface area contributed by atoms with Gasteiger partial charge in [0, 0.05) is 19.1 Å². The van der Waals surface area contributed by atoms with Gasteiger partial charge in [-0.3, -0.25) is 14.5 Å². The van der Waals surface area contributed by atoms with E-state index in [1.165, 1.54) is 4.90 Å². The van der Waals surface area contributed by atoms with E-state index in [1.807, 2.05) is 32.0 Å². The molecular formula is C21H29N3O5. The van der Waals surface area contributed by atoms with Crippen molar-refractivity contribution in [1.82, 2.24) is 10.2 Å². The summed E-state index contributed by atoms with van der Waals surface area (Å²) in [6, 6.07) is 5.61. The number of aryl methyl sites for hydroxylation is 1. The molecule has 1 aromatic carbocycles. The lowest BCUT2D eigenvalue weighted by molar-refractivity contribution is -0.129. The molecule has 2 heterocycles. The van der Waals surface area contributed by atoms with Crippen LogP contribution in [0.1, 0.15) is 38.7 Å². The zero-order valence-electron chi connectivity index (χ0n) is 17.3. The van der Waals surface area contributed by atoms with Gasteiger partial charge in [0.05, 0.1) is 12.3 Å². The SMILES string of the molecule is CCOC(=O)N1CCC(NC(=O)CN2C(=O)[C@H](CC)Oc3ccc(C)cc32)CC1. The van der Waals surface area contributed by atoms with E-state index in [-0.39, 0.29) is 30.5 Å². The molecule has 29 heavy (non-hydrogen) atoms. The van der Waals surface area contributed by atoms with Crippen LogP contribution in [0.25, 0.3) is 0 Å². The average Bonchev–Trinajstić information content (AvgIpc) is 2.71. The number of rotatable bonds is 5. The second kappa shape index (κ2) is 9.15. The van der Waals surface area contributed by atoms with Gasteiger partial charge in [-0.1, -0.05) is 13.0 Å². The smallest absolute Gasteiger partial charge is 0.409 e. The Hall–Kier alpha value is -2.77. The molecule has 1 aromatic rings. The Morgan fingerprint density at radius 1 is 1.24 bits per heavy atom.